The van der Waals surface area contributed by atoms with Crippen LogP contribution in [0.4, 0.5) is 11.4 Å². The van der Waals surface area contributed by atoms with Crippen LogP contribution in [0.25, 0.3) is 10.9 Å². The first-order chi connectivity index (χ1) is 16.3. The van der Waals surface area contributed by atoms with Crippen molar-refractivity contribution in [1.82, 2.24) is 9.29 Å². The topological polar surface area (TPSA) is 132 Å². The van der Waals surface area contributed by atoms with Crippen molar-refractivity contribution in [1.29, 1.82) is 0 Å². The lowest BCUT2D eigenvalue weighted by Gasteiger charge is -2.25. The minimum atomic E-state index is -3.56. The van der Waals surface area contributed by atoms with Crippen molar-refractivity contribution in [3.63, 3.8) is 0 Å². The molecule has 0 spiro atoms. The van der Waals surface area contributed by atoms with Gasteiger partial charge in [-0.05, 0) is 62.2 Å². The molecule has 1 amide bonds. The molecule has 1 aliphatic heterocycles. The smallest absolute Gasteiger partial charge is 0.341 e. The third-order valence-corrected chi connectivity index (χ3v) is 7.65. The Hall–Kier alpha value is -3.50. The number of pyridine rings is 1. The number of nitrogens with one attached hydrogen (secondary N) is 1. The van der Waals surface area contributed by atoms with Gasteiger partial charge in [-0.15, -0.1) is 0 Å². The zero-order valence-electron chi connectivity index (χ0n) is 18.8. The number of nitrogens with zero attached hydrogens (tertiary/aromatic N) is 2. The molecular weight excluding hydrogens is 456 g/mol. The van der Waals surface area contributed by atoms with Gasteiger partial charge in [0.1, 0.15) is 5.56 Å². The van der Waals surface area contributed by atoms with Gasteiger partial charge in [-0.2, -0.15) is 4.31 Å². The zero-order valence-corrected chi connectivity index (χ0v) is 19.6. The van der Waals surface area contributed by atoms with Crippen LogP contribution in [-0.2, 0) is 14.8 Å². The molecule has 2 aromatic carbocycles. The van der Waals surface area contributed by atoms with E-state index >= 15 is 0 Å². The monoisotopic (exact) mass is 482 g/mol. The standard InChI is InChI=1S/C24H26N4O5S/c1-2-33-24(30)20-15-26-21-11-8-17(14-19(21)22(20)25)27-23(29)16-6-9-18(10-7-16)34(31,32)28-12-4-3-5-13-28/h6-11,14-15H,2-5,12-13H2,1H3,(H2,25,26)(H,27,29). The van der Waals surface area contributed by atoms with Crippen LogP contribution in [0.15, 0.2) is 53.6 Å². The molecular formula is C24H26N4O5S. The summed E-state index contributed by atoms with van der Waals surface area (Å²) in [6.45, 7) is 2.95. The number of ether oxygens (including phenoxy) is 1. The average Bonchev–Trinajstić information content (AvgIpc) is 2.85. The third kappa shape index (κ3) is 4.73. The number of esters is 1. The number of aromatic nitrogens is 1. The number of carbonyl (C=O) groups excluding carboxylic acids is 2. The summed E-state index contributed by atoms with van der Waals surface area (Å²) in [5.74, 6) is -0.974. The van der Waals surface area contributed by atoms with E-state index in [0.29, 0.717) is 35.2 Å². The second-order valence-electron chi connectivity index (χ2n) is 7.98. The number of piperidine rings is 1. The molecule has 0 saturated carbocycles. The molecule has 0 bridgehead atoms. The minimum absolute atomic E-state index is 0.156. The molecule has 1 fully saturated rings. The summed E-state index contributed by atoms with van der Waals surface area (Å²) >= 11 is 0. The SMILES string of the molecule is CCOC(=O)c1cnc2ccc(NC(=O)c3ccc(S(=O)(=O)N4CCCCC4)cc3)cc2c1N. The van der Waals surface area contributed by atoms with Crippen LogP contribution in [0.3, 0.4) is 0 Å². The zero-order chi connectivity index (χ0) is 24.3. The number of fused-ring (bicyclic) bond motifs is 1. The average molecular weight is 483 g/mol. The lowest BCUT2D eigenvalue weighted by atomic mass is 10.1. The fraction of sp³-hybridized carbons (Fsp3) is 0.292. The Kier molecular flexibility index (Phi) is 6.80. The van der Waals surface area contributed by atoms with Crippen molar-refractivity contribution in [2.75, 3.05) is 30.7 Å². The van der Waals surface area contributed by atoms with E-state index in [-0.39, 0.29) is 22.8 Å². The lowest BCUT2D eigenvalue weighted by molar-refractivity contribution is 0.0527. The summed E-state index contributed by atoms with van der Waals surface area (Å²) in [4.78, 5) is 29.3. The van der Waals surface area contributed by atoms with E-state index in [2.05, 4.69) is 10.3 Å². The number of nitrogens with two attached hydrogens (primary N) is 1. The number of benzene rings is 2. The van der Waals surface area contributed by atoms with E-state index in [1.807, 2.05) is 0 Å². The molecule has 1 aromatic heterocycles. The van der Waals surface area contributed by atoms with E-state index in [1.165, 1.54) is 34.8 Å². The Morgan fingerprint density at radius 1 is 1.09 bits per heavy atom. The lowest BCUT2D eigenvalue weighted by Crippen LogP contribution is -2.35. The Bertz CT molecular complexity index is 1330. The summed E-state index contributed by atoms with van der Waals surface area (Å²) in [5.41, 5.74) is 7.87. The van der Waals surface area contributed by atoms with Crippen molar-refractivity contribution in [3.8, 4) is 0 Å². The number of sulfonamides is 1. The van der Waals surface area contributed by atoms with Gasteiger partial charge in [0.05, 0.1) is 22.7 Å². The maximum atomic E-state index is 12.8. The maximum Gasteiger partial charge on any atom is 0.341 e. The largest absolute Gasteiger partial charge is 0.462 e. The van der Waals surface area contributed by atoms with Gasteiger partial charge < -0.3 is 15.8 Å². The first-order valence-corrected chi connectivity index (χ1v) is 12.5. The number of hydrogen-bond acceptors (Lipinski definition) is 7. The highest BCUT2D eigenvalue weighted by Gasteiger charge is 2.26. The van der Waals surface area contributed by atoms with Gasteiger partial charge in [-0.1, -0.05) is 6.42 Å². The van der Waals surface area contributed by atoms with Crippen LogP contribution in [0.2, 0.25) is 0 Å². The van der Waals surface area contributed by atoms with Crippen LogP contribution < -0.4 is 11.1 Å². The van der Waals surface area contributed by atoms with Gasteiger partial charge >= 0.3 is 5.97 Å². The van der Waals surface area contributed by atoms with E-state index < -0.39 is 21.9 Å². The van der Waals surface area contributed by atoms with Gasteiger partial charge in [0.15, 0.2) is 0 Å². The molecule has 178 valence electrons. The first-order valence-electron chi connectivity index (χ1n) is 11.1. The summed E-state index contributed by atoms with van der Waals surface area (Å²) in [6.07, 6.45) is 4.11. The molecule has 0 atom stereocenters. The predicted octanol–water partition coefficient (Wildman–Crippen LogP) is 3.42. The Labute approximate surface area is 198 Å². The minimum Gasteiger partial charge on any atom is -0.462 e. The summed E-state index contributed by atoms with van der Waals surface area (Å²) < 4.78 is 32.1. The highest BCUT2D eigenvalue weighted by molar-refractivity contribution is 7.89. The highest BCUT2D eigenvalue weighted by Crippen LogP contribution is 2.27. The Morgan fingerprint density at radius 2 is 1.79 bits per heavy atom. The number of amides is 1. The van der Waals surface area contributed by atoms with Crippen LogP contribution in [0, 0.1) is 0 Å². The second-order valence-corrected chi connectivity index (χ2v) is 9.92. The second kappa shape index (κ2) is 9.78. The van der Waals surface area contributed by atoms with E-state index in [4.69, 9.17) is 10.5 Å². The molecule has 0 radical (unpaired) electrons. The number of nitrogen functional groups attached to an aromatic ring is 1. The highest BCUT2D eigenvalue weighted by atomic mass is 32.2. The number of carbonyl (C=O) groups is 2. The third-order valence-electron chi connectivity index (χ3n) is 5.73. The predicted molar refractivity (Wildman–Crippen MR) is 129 cm³/mol. The fourth-order valence-corrected chi connectivity index (χ4v) is 5.42. The normalized spacial score (nSPS) is 14.6. The first kappa shape index (κ1) is 23.7. The van der Waals surface area contributed by atoms with Gasteiger partial charge in [0.25, 0.3) is 5.91 Å². The molecule has 9 nitrogen and oxygen atoms in total. The maximum absolute atomic E-state index is 12.8. The molecule has 3 N–H and O–H groups in total. The van der Waals surface area contributed by atoms with E-state index in [9.17, 15) is 18.0 Å². The van der Waals surface area contributed by atoms with Crippen molar-refractivity contribution < 1.29 is 22.7 Å². The summed E-state index contributed by atoms with van der Waals surface area (Å²) in [5, 5.41) is 3.28. The van der Waals surface area contributed by atoms with E-state index in [1.54, 1.807) is 25.1 Å². The molecule has 4 rings (SSSR count). The van der Waals surface area contributed by atoms with Crippen LogP contribution in [-0.4, -0.2) is 49.3 Å². The fourth-order valence-electron chi connectivity index (χ4n) is 3.90. The molecule has 0 aliphatic carbocycles. The van der Waals surface area contributed by atoms with Crippen LogP contribution in [0.5, 0.6) is 0 Å². The van der Waals surface area contributed by atoms with Gasteiger partial charge in [0.2, 0.25) is 10.0 Å². The Balaban J connectivity index is 1.53. The summed E-state index contributed by atoms with van der Waals surface area (Å²) in [6, 6.07) is 10.9. The van der Waals surface area contributed by atoms with Crippen molar-refractivity contribution in [2.24, 2.45) is 0 Å². The number of hydrogen-bond donors (Lipinski definition) is 2. The molecule has 2 heterocycles. The van der Waals surface area contributed by atoms with Crippen LogP contribution in [0.1, 0.15) is 46.9 Å². The molecule has 10 heteroatoms. The van der Waals surface area contributed by atoms with Crippen molar-refractivity contribution in [3.05, 3.63) is 59.8 Å². The molecule has 1 saturated heterocycles. The van der Waals surface area contributed by atoms with E-state index in [0.717, 1.165) is 19.3 Å². The number of anilines is 2. The molecule has 3 aromatic rings. The Morgan fingerprint density at radius 3 is 2.47 bits per heavy atom. The quantitative estimate of drug-likeness (QED) is 0.515. The molecule has 34 heavy (non-hydrogen) atoms. The van der Waals surface area contributed by atoms with Gasteiger partial charge in [-0.25, -0.2) is 13.2 Å². The van der Waals surface area contributed by atoms with Crippen molar-refractivity contribution >= 4 is 44.2 Å². The molecule has 1 aliphatic rings. The number of rotatable bonds is 6. The van der Waals surface area contributed by atoms with Crippen molar-refractivity contribution in [2.45, 2.75) is 31.1 Å². The summed E-state index contributed by atoms with van der Waals surface area (Å²) in [7, 11) is -3.56. The van der Waals surface area contributed by atoms with Crippen LogP contribution >= 0.6 is 0 Å². The van der Waals surface area contributed by atoms with Gasteiger partial charge in [0, 0.05) is 35.9 Å². The van der Waals surface area contributed by atoms with Gasteiger partial charge in [-0.3, -0.25) is 9.78 Å². The molecule has 0 unspecified atom stereocenters.